The average Bonchev–Trinajstić information content (AvgIpc) is 2.77. The molecule has 3 rings (SSSR count). The number of hydrogen-bond donors (Lipinski definition) is 1. The molecule has 1 aromatic heterocycles. The minimum atomic E-state index is -0.639. The van der Waals surface area contributed by atoms with Crippen molar-refractivity contribution in [2.45, 2.75) is 26.4 Å². The van der Waals surface area contributed by atoms with Crippen molar-refractivity contribution in [3.63, 3.8) is 0 Å². The molecular weight excluding hydrogens is 419 g/mol. The van der Waals surface area contributed by atoms with Gasteiger partial charge in [0.1, 0.15) is 18.0 Å². The van der Waals surface area contributed by atoms with Crippen LogP contribution in [0.25, 0.3) is 10.9 Å². The molecule has 2 aromatic rings. The first-order valence-corrected chi connectivity index (χ1v) is 10.3. The summed E-state index contributed by atoms with van der Waals surface area (Å²) in [4.78, 5) is 34.4. The predicted molar refractivity (Wildman–Crippen MR) is 115 cm³/mol. The summed E-state index contributed by atoms with van der Waals surface area (Å²) < 4.78 is 29.2. The fourth-order valence-electron chi connectivity index (χ4n) is 2.91. The summed E-state index contributed by atoms with van der Waals surface area (Å²) in [6.45, 7) is 7.15. The van der Waals surface area contributed by atoms with Crippen LogP contribution in [-0.4, -0.2) is 71.9 Å². The van der Waals surface area contributed by atoms with Crippen LogP contribution in [0, 0.1) is 0 Å². The zero-order valence-electron chi connectivity index (χ0n) is 18.4. The van der Waals surface area contributed by atoms with E-state index in [0.29, 0.717) is 49.3 Å². The van der Waals surface area contributed by atoms with E-state index in [9.17, 15) is 14.0 Å². The van der Waals surface area contributed by atoms with E-state index in [1.165, 1.54) is 0 Å². The van der Waals surface area contributed by atoms with Crippen LogP contribution < -0.4 is 10.1 Å². The van der Waals surface area contributed by atoms with Crippen molar-refractivity contribution >= 4 is 22.9 Å². The third kappa shape index (κ3) is 6.61. The van der Waals surface area contributed by atoms with E-state index in [1.807, 2.05) is 0 Å². The van der Waals surface area contributed by atoms with Crippen LogP contribution in [-0.2, 0) is 9.47 Å². The first-order chi connectivity index (χ1) is 15.2. The van der Waals surface area contributed by atoms with Gasteiger partial charge in [-0.25, -0.2) is 19.2 Å². The molecule has 2 amide bonds. The second kappa shape index (κ2) is 10.4. The summed E-state index contributed by atoms with van der Waals surface area (Å²) in [6.07, 6.45) is 1.31. The number of rotatable bonds is 6. The number of carbonyl (C=O) groups is 2. The molecule has 0 unspecified atom stereocenters. The molecule has 0 spiro atoms. The largest absolute Gasteiger partial charge is 0.489 e. The van der Waals surface area contributed by atoms with E-state index in [1.54, 1.807) is 50.1 Å². The molecule has 0 aliphatic carbocycles. The highest BCUT2D eigenvalue weighted by molar-refractivity contribution is 5.92. The van der Waals surface area contributed by atoms with E-state index >= 15 is 0 Å². The number of benzene rings is 1. The second-order valence-corrected chi connectivity index (χ2v) is 8.23. The average molecular weight is 446 g/mol. The number of morpholine rings is 1. The zero-order valence-corrected chi connectivity index (χ0v) is 18.4. The van der Waals surface area contributed by atoms with E-state index in [4.69, 9.17) is 14.2 Å². The standard InChI is InChI=1S/C22H27FN4O5/c1-22(2,3)32-21(29)25-12-15(11-23)14-31-17-4-5-18-16(10-17)13-24-19(26-18)20(28)27-6-8-30-9-7-27/h4-5,10-11,13H,6-9,12,14H2,1-3H3,(H,25,29)/b15-11+. The van der Waals surface area contributed by atoms with Crippen LogP contribution in [0.15, 0.2) is 36.3 Å². The van der Waals surface area contributed by atoms with E-state index in [-0.39, 0.29) is 30.5 Å². The summed E-state index contributed by atoms with van der Waals surface area (Å²) in [7, 11) is 0. The van der Waals surface area contributed by atoms with Gasteiger partial charge in [0, 0.05) is 36.8 Å². The Morgan fingerprint density at radius 2 is 2.03 bits per heavy atom. The van der Waals surface area contributed by atoms with Crippen molar-refractivity contribution in [1.82, 2.24) is 20.2 Å². The van der Waals surface area contributed by atoms with Gasteiger partial charge >= 0.3 is 6.09 Å². The fraction of sp³-hybridized carbons (Fsp3) is 0.455. The summed E-state index contributed by atoms with van der Waals surface area (Å²) in [5.74, 6) is 0.375. The zero-order chi connectivity index (χ0) is 23.1. The molecule has 0 radical (unpaired) electrons. The van der Waals surface area contributed by atoms with Crippen molar-refractivity contribution in [2.75, 3.05) is 39.5 Å². The van der Waals surface area contributed by atoms with Crippen LogP contribution in [0.5, 0.6) is 5.75 Å². The lowest BCUT2D eigenvalue weighted by Gasteiger charge is -2.26. The van der Waals surface area contributed by atoms with E-state index in [0.717, 1.165) is 0 Å². The molecular formula is C22H27FN4O5. The Morgan fingerprint density at radius 1 is 1.28 bits per heavy atom. The molecule has 1 N–H and O–H groups in total. The fourth-order valence-corrected chi connectivity index (χ4v) is 2.91. The molecule has 1 aromatic carbocycles. The van der Waals surface area contributed by atoms with Crippen molar-refractivity contribution < 1.29 is 28.2 Å². The Kier molecular flexibility index (Phi) is 7.57. The SMILES string of the molecule is CC(C)(C)OC(=O)NC/C(=C\F)COc1ccc2nc(C(=O)N3CCOCC3)ncc2c1. The van der Waals surface area contributed by atoms with Crippen molar-refractivity contribution in [3.05, 3.63) is 42.1 Å². The van der Waals surface area contributed by atoms with Gasteiger partial charge in [0.05, 0.1) is 25.1 Å². The number of amides is 2. The third-order valence-electron chi connectivity index (χ3n) is 4.48. The number of carbonyl (C=O) groups excluding carboxylic acids is 2. The lowest BCUT2D eigenvalue weighted by molar-refractivity contribution is 0.0295. The van der Waals surface area contributed by atoms with Crippen LogP contribution in [0.1, 0.15) is 31.4 Å². The van der Waals surface area contributed by atoms with Gasteiger partial charge < -0.3 is 24.4 Å². The van der Waals surface area contributed by atoms with Gasteiger partial charge in [0.15, 0.2) is 0 Å². The number of ether oxygens (including phenoxy) is 3. The first kappa shape index (κ1) is 23.4. The van der Waals surface area contributed by atoms with Gasteiger partial charge in [-0.3, -0.25) is 4.79 Å². The van der Waals surface area contributed by atoms with Crippen LogP contribution in [0.4, 0.5) is 9.18 Å². The van der Waals surface area contributed by atoms with Gasteiger partial charge in [-0.15, -0.1) is 0 Å². The molecule has 1 aliphatic heterocycles. The number of hydrogen-bond acceptors (Lipinski definition) is 7. The number of nitrogens with zero attached hydrogens (tertiary/aromatic N) is 3. The van der Waals surface area contributed by atoms with Gasteiger partial charge in [-0.1, -0.05) is 0 Å². The molecule has 172 valence electrons. The monoisotopic (exact) mass is 446 g/mol. The van der Waals surface area contributed by atoms with Gasteiger partial charge in [0.25, 0.3) is 5.91 Å². The maximum Gasteiger partial charge on any atom is 0.407 e. The minimum Gasteiger partial charge on any atom is -0.489 e. The highest BCUT2D eigenvalue weighted by atomic mass is 19.1. The Morgan fingerprint density at radius 3 is 2.72 bits per heavy atom. The van der Waals surface area contributed by atoms with E-state index in [2.05, 4.69) is 15.3 Å². The van der Waals surface area contributed by atoms with Crippen LogP contribution in [0.2, 0.25) is 0 Å². The molecule has 1 saturated heterocycles. The summed E-state index contributed by atoms with van der Waals surface area (Å²) in [6, 6.07) is 5.09. The van der Waals surface area contributed by atoms with Gasteiger partial charge in [0.2, 0.25) is 5.82 Å². The van der Waals surface area contributed by atoms with Gasteiger partial charge in [-0.2, -0.15) is 0 Å². The quantitative estimate of drug-likeness (QED) is 0.728. The molecule has 10 heteroatoms. The highest BCUT2D eigenvalue weighted by Gasteiger charge is 2.21. The number of halogens is 1. The maximum atomic E-state index is 13.2. The van der Waals surface area contributed by atoms with Crippen molar-refractivity contribution in [1.29, 1.82) is 0 Å². The molecule has 1 aliphatic rings. The highest BCUT2D eigenvalue weighted by Crippen LogP contribution is 2.20. The first-order valence-electron chi connectivity index (χ1n) is 10.3. The Bertz CT molecular complexity index is 999. The van der Waals surface area contributed by atoms with Gasteiger partial charge in [-0.05, 0) is 39.0 Å². The number of alkyl carbamates (subject to hydrolysis) is 1. The summed E-state index contributed by atoms with van der Waals surface area (Å²) in [5, 5.41) is 3.17. The van der Waals surface area contributed by atoms with Crippen molar-refractivity contribution in [2.24, 2.45) is 0 Å². The predicted octanol–water partition coefficient (Wildman–Crippen LogP) is 2.86. The lowest BCUT2D eigenvalue weighted by atomic mass is 10.2. The Balaban J connectivity index is 1.58. The van der Waals surface area contributed by atoms with Crippen LogP contribution >= 0.6 is 0 Å². The van der Waals surface area contributed by atoms with Crippen molar-refractivity contribution in [3.8, 4) is 5.75 Å². The summed E-state index contributed by atoms with van der Waals surface area (Å²) in [5.41, 5.74) is 0.190. The summed E-state index contributed by atoms with van der Waals surface area (Å²) >= 11 is 0. The second-order valence-electron chi connectivity index (χ2n) is 8.23. The lowest BCUT2D eigenvalue weighted by Crippen LogP contribution is -2.41. The molecule has 0 saturated carbocycles. The number of nitrogens with one attached hydrogen (secondary N) is 1. The smallest absolute Gasteiger partial charge is 0.407 e. The number of aromatic nitrogens is 2. The van der Waals surface area contributed by atoms with Crippen LogP contribution in [0.3, 0.4) is 0 Å². The van der Waals surface area contributed by atoms with E-state index < -0.39 is 11.7 Å². The normalized spacial score (nSPS) is 14.9. The Hall–Kier alpha value is -3.27. The molecule has 0 atom stereocenters. The molecule has 32 heavy (non-hydrogen) atoms. The molecule has 0 bridgehead atoms. The Labute approximate surface area is 185 Å². The molecule has 1 fully saturated rings. The number of fused-ring (bicyclic) bond motifs is 1. The topological polar surface area (TPSA) is 103 Å². The minimum absolute atomic E-state index is 0.0465. The third-order valence-corrected chi connectivity index (χ3v) is 4.48. The molecule has 2 heterocycles. The molecule has 9 nitrogen and oxygen atoms in total. The maximum absolute atomic E-state index is 13.2.